The summed E-state index contributed by atoms with van der Waals surface area (Å²) in [5.74, 6) is 1.62. The molecule has 0 aliphatic carbocycles. The summed E-state index contributed by atoms with van der Waals surface area (Å²) in [4.78, 5) is 11.5. The molecule has 0 aliphatic rings. The van der Waals surface area contributed by atoms with Gasteiger partial charge in [-0.25, -0.2) is 9.97 Å². The highest BCUT2D eigenvalue weighted by Gasteiger charge is 2.05. The minimum atomic E-state index is 0.805. The first-order valence-corrected chi connectivity index (χ1v) is 7.96. The van der Waals surface area contributed by atoms with Crippen molar-refractivity contribution in [2.24, 2.45) is 0 Å². The molecule has 0 unspecified atom stereocenters. The molecular formula is C17H18N4S. The van der Waals surface area contributed by atoms with E-state index in [0.29, 0.717) is 0 Å². The Bertz CT molecular complexity index is 767. The fraction of sp³-hybridized carbons (Fsp3) is 0.176. The van der Waals surface area contributed by atoms with Gasteiger partial charge in [-0.1, -0.05) is 6.07 Å². The summed E-state index contributed by atoms with van der Waals surface area (Å²) < 4.78 is 0. The van der Waals surface area contributed by atoms with Crippen molar-refractivity contribution in [1.29, 1.82) is 0 Å². The minimum Gasteiger partial charge on any atom is -0.325 e. The van der Waals surface area contributed by atoms with E-state index in [1.54, 1.807) is 17.5 Å². The number of hydrogen-bond donors (Lipinski definition) is 2. The Labute approximate surface area is 134 Å². The second-order valence-electron chi connectivity index (χ2n) is 5.05. The molecule has 2 N–H and O–H groups in total. The first kappa shape index (κ1) is 14.7. The van der Waals surface area contributed by atoms with E-state index in [0.717, 1.165) is 23.9 Å². The van der Waals surface area contributed by atoms with Gasteiger partial charge in [0, 0.05) is 17.6 Å². The van der Waals surface area contributed by atoms with Crippen LogP contribution in [0.4, 0.5) is 11.6 Å². The molecule has 0 aromatic carbocycles. The van der Waals surface area contributed by atoms with E-state index in [9.17, 15) is 0 Å². The van der Waals surface area contributed by atoms with Crippen molar-refractivity contribution in [3.63, 3.8) is 0 Å². The lowest BCUT2D eigenvalue weighted by Crippen LogP contribution is -2.02. The van der Waals surface area contributed by atoms with Crippen molar-refractivity contribution < 1.29 is 0 Å². The Morgan fingerprint density at radius 1 is 1.09 bits per heavy atom. The molecule has 112 valence electrons. The summed E-state index contributed by atoms with van der Waals surface area (Å²) in [5.41, 5.74) is 2.15. The predicted octanol–water partition coefficient (Wildman–Crippen LogP) is 3.98. The third kappa shape index (κ3) is 3.50. The number of thiophene rings is 1. The Balaban J connectivity index is 1.82. The van der Waals surface area contributed by atoms with Crippen LogP contribution in [0, 0.1) is 6.92 Å². The average molecular weight is 310 g/mol. The molecule has 0 aliphatic heterocycles. The van der Waals surface area contributed by atoms with Gasteiger partial charge in [-0.2, -0.15) is 0 Å². The highest BCUT2D eigenvalue weighted by atomic mass is 32.1. The second kappa shape index (κ2) is 6.68. The Morgan fingerprint density at radius 2 is 2.00 bits per heavy atom. The molecule has 4 nitrogen and oxygen atoms in total. The Morgan fingerprint density at radius 3 is 2.82 bits per heavy atom. The molecule has 3 heterocycles. The van der Waals surface area contributed by atoms with Gasteiger partial charge >= 0.3 is 0 Å². The summed E-state index contributed by atoms with van der Waals surface area (Å²) in [6.45, 7) is 2.93. The van der Waals surface area contributed by atoms with Gasteiger partial charge in [-0.3, -0.25) is 0 Å². The van der Waals surface area contributed by atoms with E-state index >= 15 is 0 Å². The smallest absolute Gasteiger partial charge is 0.132 e. The molecule has 3 aromatic rings. The molecule has 0 fully saturated rings. The number of pyridine rings is 2. The lowest BCUT2D eigenvalue weighted by Gasteiger charge is -2.06. The fourth-order valence-corrected chi connectivity index (χ4v) is 3.15. The number of anilines is 2. The first-order chi connectivity index (χ1) is 10.7. The molecule has 0 radical (unpaired) electrons. The molecule has 3 aromatic heterocycles. The van der Waals surface area contributed by atoms with E-state index in [1.165, 1.54) is 15.3 Å². The standard InChI is InChI=1S/C17H18N4S/c1-12-8-9-19-17(10-12)21-16-5-3-4-14(20-16)15-7-6-13(22-15)11-18-2/h3-10,18H,11H2,1-2H3,(H,19,20,21). The van der Waals surface area contributed by atoms with Crippen molar-refractivity contribution in [2.45, 2.75) is 13.5 Å². The van der Waals surface area contributed by atoms with Crippen LogP contribution in [0.5, 0.6) is 0 Å². The second-order valence-corrected chi connectivity index (χ2v) is 6.22. The Hall–Kier alpha value is -2.24. The van der Waals surface area contributed by atoms with Crippen LogP contribution in [-0.2, 0) is 6.54 Å². The van der Waals surface area contributed by atoms with Crippen molar-refractivity contribution in [2.75, 3.05) is 12.4 Å². The zero-order chi connectivity index (χ0) is 15.4. The SMILES string of the molecule is CNCc1ccc(-c2cccc(Nc3cc(C)ccn3)n2)s1. The maximum absolute atomic E-state index is 4.68. The van der Waals surface area contributed by atoms with Crippen molar-refractivity contribution in [1.82, 2.24) is 15.3 Å². The van der Waals surface area contributed by atoms with Gasteiger partial charge in [0.2, 0.25) is 0 Å². The van der Waals surface area contributed by atoms with E-state index in [-0.39, 0.29) is 0 Å². The molecule has 0 spiro atoms. The van der Waals surface area contributed by atoms with Crippen LogP contribution in [0.1, 0.15) is 10.4 Å². The topological polar surface area (TPSA) is 49.8 Å². The van der Waals surface area contributed by atoms with Gasteiger partial charge in [-0.15, -0.1) is 11.3 Å². The number of aromatic nitrogens is 2. The molecular weight excluding hydrogens is 292 g/mol. The van der Waals surface area contributed by atoms with Gasteiger partial charge < -0.3 is 10.6 Å². The molecule has 5 heteroatoms. The van der Waals surface area contributed by atoms with Crippen LogP contribution < -0.4 is 10.6 Å². The third-order valence-electron chi connectivity index (χ3n) is 3.19. The van der Waals surface area contributed by atoms with Crippen molar-refractivity contribution in [3.8, 4) is 10.6 Å². The van der Waals surface area contributed by atoms with Crippen molar-refractivity contribution >= 4 is 23.0 Å². The maximum atomic E-state index is 4.68. The molecule has 0 saturated heterocycles. The van der Waals surface area contributed by atoms with Gasteiger partial charge in [0.15, 0.2) is 0 Å². The summed E-state index contributed by atoms with van der Waals surface area (Å²) in [6, 6.07) is 14.2. The lowest BCUT2D eigenvalue weighted by atomic mass is 10.3. The third-order valence-corrected chi connectivity index (χ3v) is 4.29. The summed E-state index contributed by atoms with van der Waals surface area (Å²) >= 11 is 1.76. The monoisotopic (exact) mass is 310 g/mol. The number of hydrogen-bond acceptors (Lipinski definition) is 5. The fourth-order valence-electron chi connectivity index (χ4n) is 2.16. The highest BCUT2D eigenvalue weighted by molar-refractivity contribution is 7.15. The van der Waals surface area contributed by atoms with Crippen LogP contribution in [0.2, 0.25) is 0 Å². The van der Waals surface area contributed by atoms with Crippen LogP contribution in [-0.4, -0.2) is 17.0 Å². The van der Waals surface area contributed by atoms with Crippen LogP contribution in [0.15, 0.2) is 48.7 Å². The predicted molar refractivity (Wildman–Crippen MR) is 92.6 cm³/mol. The van der Waals surface area contributed by atoms with Gasteiger partial charge in [0.05, 0.1) is 10.6 Å². The average Bonchev–Trinajstić information content (AvgIpc) is 2.97. The quantitative estimate of drug-likeness (QED) is 0.748. The van der Waals surface area contributed by atoms with Gasteiger partial charge in [-0.05, 0) is 55.9 Å². The number of nitrogens with one attached hydrogen (secondary N) is 2. The molecule has 0 atom stereocenters. The van der Waals surface area contributed by atoms with E-state index < -0.39 is 0 Å². The first-order valence-electron chi connectivity index (χ1n) is 7.15. The van der Waals surface area contributed by atoms with E-state index in [4.69, 9.17) is 0 Å². The number of rotatable bonds is 5. The van der Waals surface area contributed by atoms with Gasteiger partial charge in [0.25, 0.3) is 0 Å². The molecule has 22 heavy (non-hydrogen) atoms. The van der Waals surface area contributed by atoms with Crippen LogP contribution >= 0.6 is 11.3 Å². The summed E-state index contributed by atoms with van der Waals surface area (Å²) in [7, 11) is 1.96. The zero-order valence-electron chi connectivity index (χ0n) is 12.6. The minimum absolute atomic E-state index is 0.805. The van der Waals surface area contributed by atoms with Gasteiger partial charge in [0.1, 0.15) is 11.6 Å². The number of nitrogens with zero attached hydrogens (tertiary/aromatic N) is 2. The van der Waals surface area contributed by atoms with E-state index in [2.05, 4.69) is 32.7 Å². The molecule has 0 saturated carbocycles. The molecule has 0 bridgehead atoms. The van der Waals surface area contributed by atoms with E-state index in [1.807, 2.05) is 44.3 Å². The molecule has 3 rings (SSSR count). The van der Waals surface area contributed by atoms with Crippen LogP contribution in [0.25, 0.3) is 10.6 Å². The largest absolute Gasteiger partial charge is 0.325 e. The maximum Gasteiger partial charge on any atom is 0.132 e. The number of aryl methyl sites for hydroxylation is 1. The van der Waals surface area contributed by atoms with Crippen LogP contribution in [0.3, 0.4) is 0 Å². The molecule has 0 amide bonds. The normalized spacial score (nSPS) is 10.6. The van der Waals surface area contributed by atoms with Crippen molar-refractivity contribution in [3.05, 3.63) is 59.1 Å². The zero-order valence-corrected chi connectivity index (χ0v) is 13.4. The summed E-state index contributed by atoms with van der Waals surface area (Å²) in [5, 5.41) is 6.42. The Kier molecular flexibility index (Phi) is 4.46. The lowest BCUT2D eigenvalue weighted by molar-refractivity contribution is 0.831. The highest BCUT2D eigenvalue weighted by Crippen LogP contribution is 2.27. The summed E-state index contributed by atoms with van der Waals surface area (Å²) in [6.07, 6.45) is 1.80.